The van der Waals surface area contributed by atoms with Crippen molar-refractivity contribution in [1.82, 2.24) is 15.1 Å². The molecule has 3 aromatic carbocycles. The second kappa shape index (κ2) is 17.9. The first-order valence-electron chi connectivity index (χ1n) is 15.8. The van der Waals surface area contributed by atoms with E-state index in [1.807, 2.05) is 66.7 Å². The number of hydrazone groups is 1. The topological polar surface area (TPSA) is 166 Å². The highest BCUT2D eigenvalue weighted by atomic mass is 35.5. The molecule has 1 atom stereocenters. The van der Waals surface area contributed by atoms with Gasteiger partial charge in [-0.25, -0.2) is 0 Å². The van der Waals surface area contributed by atoms with Gasteiger partial charge in [0.15, 0.2) is 0 Å². The standard InChI is InChI=1S/C37H43ClN8O3/c1-24(39)36(25(2)40)27-10-8-26(9-11-27)33(44-37(47)35-14-15-43-46(35)3)22-31-21-29(12-13-32(31)38)28-6-5-7-30(20-28)34(45-41)23-42-16-17-49-19-18-48-4/h5-15,20-21,23,33,39H,16-19,22,40-41H2,1-4H3,(H,44,47)/b36-25+,39-24?,42-23?,45-34+. The number of carbonyl (C=O) groups excluding carboxylic acids is 1. The van der Waals surface area contributed by atoms with E-state index in [1.54, 1.807) is 46.5 Å². The van der Waals surface area contributed by atoms with Crippen LogP contribution in [-0.4, -0.2) is 66.8 Å². The number of aromatic nitrogens is 2. The zero-order valence-corrected chi connectivity index (χ0v) is 29.0. The quantitative estimate of drug-likeness (QED) is 0.0521. The van der Waals surface area contributed by atoms with E-state index >= 15 is 0 Å². The molecule has 0 aliphatic rings. The van der Waals surface area contributed by atoms with Crippen LogP contribution in [0.3, 0.4) is 0 Å². The number of hydrogen-bond acceptors (Lipinski definition) is 9. The molecule has 1 heterocycles. The molecule has 0 aliphatic carbocycles. The molecule has 0 aliphatic heterocycles. The summed E-state index contributed by atoms with van der Waals surface area (Å²) in [6.07, 6.45) is 3.64. The molecule has 0 fully saturated rings. The largest absolute Gasteiger partial charge is 0.402 e. The van der Waals surface area contributed by atoms with Gasteiger partial charge in [0, 0.05) is 54.1 Å². The van der Waals surface area contributed by atoms with E-state index in [-0.39, 0.29) is 5.91 Å². The van der Waals surface area contributed by atoms with Crippen LogP contribution in [0.4, 0.5) is 0 Å². The predicted octanol–water partition coefficient (Wildman–Crippen LogP) is 5.58. The van der Waals surface area contributed by atoms with Crippen molar-refractivity contribution in [3.05, 3.63) is 118 Å². The van der Waals surface area contributed by atoms with Crippen LogP contribution in [0.5, 0.6) is 0 Å². The Bertz CT molecular complexity index is 1840. The second-order valence-corrected chi connectivity index (χ2v) is 11.8. The Morgan fingerprint density at radius 1 is 1.04 bits per heavy atom. The highest BCUT2D eigenvalue weighted by Gasteiger charge is 2.21. The number of benzene rings is 3. The number of aryl methyl sites for hydroxylation is 1. The van der Waals surface area contributed by atoms with Crippen LogP contribution in [0.1, 0.15) is 52.6 Å². The summed E-state index contributed by atoms with van der Waals surface area (Å²) < 4.78 is 12.0. The highest BCUT2D eigenvalue weighted by Crippen LogP contribution is 2.30. The third-order valence-corrected chi connectivity index (χ3v) is 8.21. The lowest BCUT2D eigenvalue weighted by atomic mass is 9.93. The van der Waals surface area contributed by atoms with Gasteiger partial charge in [-0.3, -0.25) is 14.5 Å². The summed E-state index contributed by atoms with van der Waals surface area (Å²) in [6.45, 7) is 5.47. The SMILES string of the molecule is COCCOCCN=C/C(=N\N)c1cccc(-c2ccc(Cl)c(CC(NC(=O)c3ccnn3C)c3ccc(/C(C(C)=N)=C(\C)N)cc3)c2)c1. The van der Waals surface area contributed by atoms with Crippen molar-refractivity contribution >= 4 is 40.7 Å². The van der Waals surface area contributed by atoms with Crippen molar-refractivity contribution in [2.24, 2.45) is 28.7 Å². The van der Waals surface area contributed by atoms with E-state index in [0.29, 0.717) is 66.2 Å². The van der Waals surface area contributed by atoms with Gasteiger partial charge in [-0.15, -0.1) is 0 Å². The fourth-order valence-electron chi connectivity index (χ4n) is 5.39. The van der Waals surface area contributed by atoms with Crippen LogP contribution in [-0.2, 0) is 22.9 Å². The van der Waals surface area contributed by atoms with Crippen molar-refractivity contribution < 1.29 is 14.3 Å². The molecule has 0 bridgehead atoms. The number of amides is 1. The van der Waals surface area contributed by atoms with Gasteiger partial charge >= 0.3 is 0 Å². The van der Waals surface area contributed by atoms with Gasteiger partial charge in [-0.05, 0) is 72.4 Å². The van der Waals surface area contributed by atoms with Gasteiger partial charge in [-0.2, -0.15) is 10.2 Å². The maximum atomic E-state index is 13.4. The molecule has 12 heteroatoms. The van der Waals surface area contributed by atoms with Crippen molar-refractivity contribution in [2.45, 2.75) is 26.3 Å². The molecule has 0 saturated heterocycles. The third kappa shape index (κ3) is 9.96. The number of nitrogens with two attached hydrogens (primary N) is 2. The highest BCUT2D eigenvalue weighted by molar-refractivity contribution is 6.38. The maximum Gasteiger partial charge on any atom is 0.270 e. The number of allylic oxidation sites excluding steroid dienone is 2. The Morgan fingerprint density at radius 2 is 1.80 bits per heavy atom. The summed E-state index contributed by atoms with van der Waals surface area (Å²) in [6, 6.07) is 22.7. The fraction of sp³-hybridized carbons (Fsp3) is 0.270. The monoisotopic (exact) mass is 682 g/mol. The lowest BCUT2D eigenvalue weighted by molar-refractivity contribution is 0.0749. The summed E-state index contributed by atoms with van der Waals surface area (Å²) in [5.74, 6) is 5.48. The first-order valence-corrected chi connectivity index (χ1v) is 16.1. The Kier molecular flexibility index (Phi) is 13.4. The molecule has 0 radical (unpaired) electrons. The molecule has 0 saturated carbocycles. The molecule has 1 unspecified atom stereocenters. The van der Waals surface area contributed by atoms with Crippen molar-refractivity contribution in [3.8, 4) is 11.1 Å². The van der Waals surface area contributed by atoms with Gasteiger partial charge in [-0.1, -0.05) is 60.1 Å². The first-order chi connectivity index (χ1) is 23.6. The van der Waals surface area contributed by atoms with Crippen LogP contribution >= 0.6 is 11.6 Å². The maximum absolute atomic E-state index is 13.4. The summed E-state index contributed by atoms with van der Waals surface area (Å²) in [7, 11) is 3.35. The van der Waals surface area contributed by atoms with E-state index in [1.165, 1.54) is 4.68 Å². The lowest BCUT2D eigenvalue weighted by Gasteiger charge is -2.21. The number of rotatable bonds is 16. The molecule has 49 heavy (non-hydrogen) atoms. The molecule has 4 rings (SSSR count). The minimum absolute atomic E-state index is 0.264. The van der Waals surface area contributed by atoms with Crippen LogP contribution in [0.25, 0.3) is 16.7 Å². The first kappa shape index (κ1) is 36.7. The van der Waals surface area contributed by atoms with Crippen molar-refractivity contribution in [3.63, 3.8) is 0 Å². The smallest absolute Gasteiger partial charge is 0.270 e. The minimum atomic E-state index is -0.436. The Balaban J connectivity index is 1.62. The normalized spacial score (nSPS) is 13.0. The van der Waals surface area contributed by atoms with Gasteiger partial charge in [0.25, 0.3) is 5.91 Å². The van der Waals surface area contributed by atoms with Crippen LogP contribution in [0, 0.1) is 5.41 Å². The molecule has 0 spiro atoms. The van der Waals surface area contributed by atoms with Crippen molar-refractivity contribution in [2.75, 3.05) is 33.5 Å². The summed E-state index contributed by atoms with van der Waals surface area (Å²) in [5, 5.41) is 20.0. The average molecular weight is 683 g/mol. The average Bonchev–Trinajstić information content (AvgIpc) is 3.52. The Morgan fingerprint density at radius 3 is 2.45 bits per heavy atom. The summed E-state index contributed by atoms with van der Waals surface area (Å²) in [5.41, 5.74) is 13.9. The summed E-state index contributed by atoms with van der Waals surface area (Å²) >= 11 is 6.79. The molecule has 1 aromatic heterocycles. The molecular formula is C37H43ClN8O3. The van der Waals surface area contributed by atoms with Gasteiger partial charge in [0.1, 0.15) is 11.4 Å². The Labute approximate surface area is 292 Å². The number of nitrogens with zero attached hydrogens (tertiary/aromatic N) is 4. The summed E-state index contributed by atoms with van der Waals surface area (Å²) in [4.78, 5) is 17.8. The van der Waals surface area contributed by atoms with E-state index in [4.69, 9.17) is 38.1 Å². The van der Waals surface area contributed by atoms with E-state index in [2.05, 4.69) is 20.5 Å². The van der Waals surface area contributed by atoms with Gasteiger partial charge in [0.2, 0.25) is 0 Å². The molecule has 4 aromatic rings. The molecule has 256 valence electrons. The molecule has 6 N–H and O–H groups in total. The zero-order chi connectivity index (χ0) is 35.3. The number of nitrogens with one attached hydrogen (secondary N) is 2. The van der Waals surface area contributed by atoms with E-state index < -0.39 is 6.04 Å². The van der Waals surface area contributed by atoms with Crippen LogP contribution in [0.15, 0.2) is 94.8 Å². The molecular weight excluding hydrogens is 640 g/mol. The number of ether oxygens (including phenoxy) is 2. The molecule has 11 nitrogen and oxygen atoms in total. The second-order valence-electron chi connectivity index (χ2n) is 11.4. The number of hydrogen-bond donors (Lipinski definition) is 4. The van der Waals surface area contributed by atoms with E-state index in [9.17, 15) is 4.79 Å². The number of halogens is 1. The van der Waals surface area contributed by atoms with Gasteiger partial charge < -0.3 is 31.8 Å². The van der Waals surface area contributed by atoms with Crippen LogP contribution < -0.4 is 16.9 Å². The minimum Gasteiger partial charge on any atom is -0.402 e. The van der Waals surface area contributed by atoms with E-state index in [0.717, 1.165) is 33.4 Å². The number of aliphatic imine (C=N–C) groups is 1. The van der Waals surface area contributed by atoms with Crippen molar-refractivity contribution in [1.29, 1.82) is 5.41 Å². The lowest BCUT2D eigenvalue weighted by Crippen LogP contribution is -2.31. The fourth-order valence-corrected chi connectivity index (χ4v) is 5.58. The number of carbonyl (C=O) groups is 1. The molecule has 1 amide bonds. The third-order valence-electron chi connectivity index (χ3n) is 7.84. The van der Waals surface area contributed by atoms with Gasteiger partial charge in [0.05, 0.1) is 32.4 Å². The number of methoxy groups -OCH3 is 1. The van der Waals surface area contributed by atoms with Crippen LogP contribution in [0.2, 0.25) is 5.02 Å². The predicted molar refractivity (Wildman–Crippen MR) is 197 cm³/mol. The Hall–Kier alpha value is -5.10. The zero-order valence-electron chi connectivity index (χ0n) is 28.2.